The van der Waals surface area contributed by atoms with Crippen LogP contribution < -0.4 is 10.6 Å². The zero-order valence-electron chi connectivity index (χ0n) is 14.1. The van der Waals surface area contributed by atoms with E-state index in [4.69, 9.17) is 4.74 Å². The number of hydrogen-bond acceptors (Lipinski definition) is 5. The van der Waals surface area contributed by atoms with Crippen molar-refractivity contribution in [3.63, 3.8) is 0 Å². The molecule has 0 unspecified atom stereocenters. The summed E-state index contributed by atoms with van der Waals surface area (Å²) in [5.74, 6) is 0.0216. The molecular formula is C17H18FN5O2. The first-order valence-corrected chi connectivity index (χ1v) is 7.76. The van der Waals surface area contributed by atoms with Gasteiger partial charge in [-0.1, -0.05) is 0 Å². The molecule has 2 N–H and O–H groups in total. The van der Waals surface area contributed by atoms with Crippen molar-refractivity contribution in [1.82, 2.24) is 14.4 Å². The molecule has 0 fully saturated rings. The second-order valence-electron chi connectivity index (χ2n) is 5.70. The summed E-state index contributed by atoms with van der Waals surface area (Å²) in [6.45, 7) is 3.52. The van der Waals surface area contributed by atoms with Gasteiger partial charge in [0.05, 0.1) is 23.7 Å². The molecule has 2 aromatic heterocycles. The summed E-state index contributed by atoms with van der Waals surface area (Å²) in [7, 11) is 1.76. The van der Waals surface area contributed by atoms with Gasteiger partial charge in [0.2, 0.25) is 5.78 Å². The Balaban J connectivity index is 1.92. The number of carbonyl (C=O) groups excluding carboxylic acids is 1. The van der Waals surface area contributed by atoms with E-state index < -0.39 is 6.09 Å². The number of ether oxygens (including phenoxy) is 1. The van der Waals surface area contributed by atoms with Crippen molar-refractivity contribution in [2.24, 2.45) is 0 Å². The maximum atomic E-state index is 14.1. The van der Waals surface area contributed by atoms with Crippen LogP contribution in [0.15, 0.2) is 36.8 Å². The molecule has 1 amide bonds. The first-order valence-electron chi connectivity index (χ1n) is 7.76. The van der Waals surface area contributed by atoms with Crippen LogP contribution in [-0.2, 0) is 4.74 Å². The van der Waals surface area contributed by atoms with Crippen LogP contribution in [0.2, 0.25) is 0 Å². The standard InChI is InChI=1S/C17H18FN5O2/c1-10(2)25-17(24)21-12-7-20-16-22-15(9-23(16)8-12)13-6-11(19-3)4-5-14(13)18/h4-10,19H,1-3H3,(H,21,24). The van der Waals surface area contributed by atoms with Crippen LogP contribution in [0.3, 0.4) is 0 Å². The van der Waals surface area contributed by atoms with Gasteiger partial charge in [-0.3, -0.25) is 9.72 Å². The quantitative estimate of drug-likeness (QED) is 0.757. The van der Waals surface area contributed by atoms with Crippen molar-refractivity contribution in [1.29, 1.82) is 0 Å². The third-order valence-electron chi connectivity index (χ3n) is 3.43. The highest BCUT2D eigenvalue weighted by Gasteiger charge is 2.12. The molecule has 0 saturated heterocycles. The molecule has 0 spiro atoms. The second-order valence-corrected chi connectivity index (χ2v) is 5.70. The van der Waals surface area contributed by atoms with E-state index in [0.29, 0.717) is 22.7 Å². The summed E-state index contributed by atoms with van der Waals surface area (Å²) >= 11 is 0. The van der Waals surface area contributed by atoms with Gasteiger partial charge in [-0.05, 0) is 32.0 Å². The number of halogens is 1. The van der Waals surface area contributed by atoms with E-state index in [0.717, 1.165) is 5.69 Å². The Morgan fingerprint density at radius 1 is 1.28 bits per heavy atom. The van der Waals surface area contributed by atoms with Gasteiger partial charge in [0, 0.05) is 30.7 Å². The second kappa shape index (κ2) is 6.76. The highest BCUT2D eigenvalue weighted by Crippen LogP contribution is 2.25. The van der Waals surface area contributed by atoms with Crippen LogP contribution in [0.4, 0.5) is 20.6 Å². The number of imidazole rings is 1. The number of rotatable bonds is 4. The molecule has 0 aliphatic carbocycles. The Kier molecular flexibility index (Phi) is 4.51. The lowest BCUT2D eigenvalue weighted by molar-refractivity contribution is 0.130. The number of anilines is 2. The summed E-state index contributed by atoms with van der Waals surface area (Å²) in [4.78, 5) is 20.2. The Morgan fingerprint density at radius 2 is 2.08 bits per heavy atom. The van der Waals surface area contributed by atoms with Gasteiger partial charge in [-0.2, -0.15) is 0 Å². The molecule has 1 aromatic carbocycles. The normalized spacial score (nSPS) is 10.9. The number of carbonyl (C=O) groups is 1. The minimum atomic E-state index is -0.566. The largest absolute Gasteiger partial charge is 0.447 e. The number of hydrogen-bond donors (Lipinski definition) is 2. The molecule has 0 radical (unpaired) electrons. The summed E-state index contributed by atoms with van der Waals surface area (Å²) < 4.78 is 20.8. The van der Waals surface area contributed by atoms with E-state index >= 15 is 0 Å². The van der Waals surface area contributed by atoms with E-state index in [-0.39, 0.29) is 11.9 Å². The summed E-state index contributed by atoms with van der Waals surface area (Å²) in [6.07, 6.45) is 3.97. The molecule has 130 valence electrons. The Hall–Kier alpha value is -3.16. The number of fused-ring (bicyclic) bond motifs is 1. The molecule has 7 nitrogen and oxygen atoms in total. The Morgan fingerprint density at radius 3 is 2.80 bits per heavy atom. The summed E-state index contributed by atoms with van der Waals surface area (Å²) in [5.41, 5.74) is 2.04. The van der Waals surface area contributed by atoms with E-state index in [1.54, 1.807) is 49.8 Å². The molecule has 0 bridgehead atoms. The van der Waals surface area contributed by atoms with Crippen molar-refractivity contribution >= 4 is 23.2 Å². The van der Waals surface area contributed by atoms with E-state index in [1.807, 2.05) is 0 Å². The smallest absolute Gasteiger partial charge is 0.411 e. The van der Waals surface area contributed by atoms with Gasteiger partial charge >= 0.3 is 6.09 Å². The molecule has 8 heteroatoms. The van der Waals surface area contributed by atoms with Crippen molar-refractivity contribution in [2.45, 2.75) is 20.0 Å². The van der Waals surface area contributed by atoms with Crippen molar-refractivity contribution in [3.8, 4) is 11.3 Å². The zero-order chi connectivity index (χ0) is 18.0. The van der Waals surface area contributed by atoms with Gasteiger partial charge in [0.25, 0.3) is 0 Å². The number of nitrogens with one attached hydrogen (secondary N) is 2. The maximum Gasteiger partial charge on any atom is 0.411 e. The molecule has 0 aliphatic heterocycles. The van der Waals surface area contributed by atoms with E-state index in [9.17, 15) is 9.18 Å². The van der Waals surface area contributed by atoms with Crippen LogP contribution in [0.25, 0.3) is 17.0 Å². The highest BCUT2D eigenvalue weighted by atomic mass is 19.1. The van der Waals surface area contributed by atoms with Gasteiger partial charge in [-0.15, -0.1) is 0 Å². The molecule has 2 heterocycles. The third kappa shape index (κ3) is 3.68. The summed E-state index contributed by atoms with van der Waals surface area (Å²) in [5, 5.41) is 5.55. The predicted molar refractivity (Wildman–Crippen MR) is 93.2 cm³/mol. The van der Waals surface area contributed by atoms with Gasteiger partial charge < -0.3 is 10.1 Å². The van der Waals surface area contributed by atoms with Crippen LogP contribution >= 0.6 is 0 Å². The van der Waals surface area contributed by atoms with Gasteiger partial charge in [0.1, 0.15) is 5.82 Å². The van der Waals surface area contributed by atoms with Crippen LogP contribution in [0.5, 0.6) is 0 Å². The van der Waals surface area contributed by atoms with Crippen molar-refractivity contribution in [2.75, 3.05) is 17.7 Å². The van der Waals surface area contributed by atoms with Gasteiger partial charge in [0.15, 0.2) is 0 Å². The minimum absolute atomic E-state index is 0.223. The predicted octanol–water partition coefficient (Wildman–Crippen LogP) is 3.53. The van der Waals surface area contributed by atoms with E-state index in [1.165, 1.54) is 12.3 Å². The zero-order valence-corrected chi connectivity index (χ0v) is 14.1. The molecule has 0 aliphatic rings. The number of benzene rings is 1. The average Bonchev–Trinajstić information content (AvgIpc) is 2.97. The van der Waals surface area contributed by atoms with Crippen LogP contribution in [0, 0.1) is 5.82 Å². The van der Waals surface area contributed by atoms with Gasteiger partial charge in [-0.25, -0.2) is 19.2 Å². The monoisotopic (exact) mass is 343 g/mol. The van der Waals surface area contributed by atoms with Crippen molar-refractivity contribution in [3.05, 3.63) is 42.6 Å². The molecule has 3 rings (SSSR count). The fourth-order valence-electron chi connectivity index (χ4n) is 2.32. The lowest BCUT2D eigenvalue weighted by atomic mass is 10.1. The topological polar surface area (TPSA) is 80.5 Å². The fourth-order valence-corrected chi connectivity index (χ4v) is 2.32. The molecule has 25 heavy (non-hydrogen) atoms. The molecular weight excluding hydrogens is 325 g/mol. The maximum absolute atomic E-state index is 14.1. The third-order valence-corrected chi connectivity index (χ3v) is 3.43. The van der Waals surface area contributed by atoms with E-state index in [2.05, 4.69) is 20.6 Å². The highest BCUT2D eigenvalue weighted by molar-refractivity contribution is 5.84. The number of aromatic nitrogens is 3. The lowest BCUT2D eigenvalue weighted by Gasteiger charge is -2.09. The molecule has 3 aromatic rings. The van der Waals surface area contributed by atoms with Crippen molar-refractivity contribution < 1.29 is 13.9 Å². The Labute approximate surface area is 143 Å². The summed E-state index contributed by atoms with van der Waals surface area (Å²) in [6, 6.07) is 4.71. The first kappa shape index (κ1) is 16.7. The average molecular weight is 343 g/mol. The Bertz CT molecular complexity index is 923. The fraction of sp³-hybridized carbons (Fsp3) is 0.235. The van der Waals surface area contributed by atoms with Crippen LogP contribution in [-0.4, -0.2) is 33.6 Å². The molecule has 0 atom stereocenters. The lowest BCUT2D eigenvalue weighted by Crippen LogP contribution is -2.18. The molecule has 0 saturated carbocycles. The first-order chi connectivity index (χ1) is 12.0. The minimum Gasteiger partial charge on any atom is -0.447 e. The number of nitrogens with zero attached hydrogens (tertiary/aromatic N) is 3. The number of amides is 1. The van der Waals surface area contributed by atoms with Crippen LogP contribution in [0.1, 0.15) is 13.8 Å². The SMILES string of the molecule is CNc1ccc(F)c(-c2cn3cc(NC(=O)OC(C)C)cnc3n2)c1.